The molecule has 0 radical (unpaired) electrons. The number of fused-ring (bicyclic) bond motifs is 1. The molecule has 8 heteroatoms. The van der Waals surface area contributed by atoms with Gasteiger partial charge in [-0.15, -0.1) is 11.3 Å². The fourth-order valence-electron chi connectivity index (χ4n) is 3.06. The van der Waals surface area contributed by atoms with E-state index in [9.17, 15) is 9.59 Å². The third-order valence-electron chi connectivity index (χ3n) is 4.29. The summed E-state index contributed by atoms with van der Waals surface area (Å²) >= 11 is 4.80. The molecule has 2 rings (SSSR count). The minimum Gasteiger partial charge on any atom is -0.369 e. The highest BCUT2D eigenvalue weighted by atomic mass is 79.9. The van der Waals surface area contributed by atoms with Gasteiger partial charge in [-0.25, -0.2) is 9.36 Å². The van der Waals surface area contributed by atoms with Crippen molar-refractivity contribution in [3.05, 3.63) is 66.6 Å². The van der Waals surface area contributed by atoms with E-state index in [0.29, 0.717) is 10.2 Å². The van der Waals surface area contributed by atoms with Crippen molar-refractivity contribution in [2.75, 3.05) is 0 Å². The smallest absolute Gasteiger partial charge is 0.333 e. The van der Waals surface area contributed by atoms with Crippen LogP contribution >= 0.6 is 27.3 Å². The minimum absolute atomic E-state index is 0.0773. The number of ether oxygens (including phenoxy) is 1. The largest absolute Gasteiger partial charge is 0.369 e. The van der Waals surface area contributed by atoms with Crippen LogP contribution in [0.3, 0.4) is 0 Å². The summed E-state index contributed by atoms with van der Waals surface area (Å²) in [5, 5.41) is 9.56. The highest BCUT2D eigenvalue weighted by molar-refractivity contribution is 9.11. The van der Waals surface area contributed by atoms with Crippen LogP contribution in [0.15, 0.2) is 49.8 Å². The number of aromatic nitrogens is 2. The molecular weight excluding hydrogens is 454 g/mol. The Hall–Kier alpha value is -2.21. The van der Waals surface area contributed by atoms with E-state index >= 15 is 0 Å². The Labute approximate surface area is 182 Å². The van der Waals surface area contributed by atoms with Crippen LogP contribution < -0.4 is 11.2 Å². The van der Waals surface area contributed by atoms with E-state index in [1.165, 1.54) is 15.9 Å². The summed E-state index contributed by atoms with van der Waals surface area (Å²) in [6, 6.07) is 1.91. The highest BCUT2D eigenvalue weighted by Crippen LogP contribution is 2.32. The van der Waals surface area contributed by atoms with Gasteiger partial charge in [0.25, 0.3) is 5.56 Å². The standard InChI is InChI=1S/C21H24BrN3O3S/c1-6-8-15(9-7-2)16(28-13(3)4)12-25-20-17(14(5)18(22)29-20)19(26)24(11-10-23)21(25)27/h6-9,13,16H,1,11-12H2,2-5H3/b9-7-,15-8+/t16-/m0/s1. The number of rotatable bonds is 8. The molecule has 1 atom stereocenters. The van der Waals surface area contributed by atoms with E-state index in [4.69, 9.17) is 10.00 Å². The molecule has 29 heavy (non-hydrogen) atoms. The van der Waals surface area contributed by atoms with Crippen LogP contribution in [0.1, 0.15) is 26.3 Å². The molecule has 0 fully saturated rings. The Morgan fingerprint density at radius 3 is 2.62 bits per heavy atom. The zero-order valence-electron chi connectivity index (χ0n) is 16.9. The Morgan fingerprint density at radius 1 is 1.38 bits per heavy atom. The zero-order chi connectivity index (χ0) is 21.7. The number of thiophene rings is 1. The van der Waals surface area contributed by atoms with Crippen molar-refractivity contribution < 1.29 is 4.74 Å². The van der Waals surface area contributed by atoms with Crippen molar-refractivity contribution in [2.24, 2.45) is 0 Å². The van der Waals surface area contributed by atoms with Gasteiger partial charge in [-0.05, 0) is 54.8 Å². The van der Waals surface area contributed by atoms with E-state index in [2.05, 4.69) is 22.5 Å². The molecule has 0 unspecified atom stereocenters. The fourth-order valence-corrected chi connectivity index (χ4v) is 4.75. The monoisotopic (exact) mass is 477 g/mol. The summed E-state index contributed by atoms with van der Waals surface area (Å²) in [5.41, 5.74) is 0.654. The van der Waals surface area contributed by atoms with Crippen molar-refractivity contribution in [1.82, 2.24) is 9.13 Å². The van der Waals surface area contributed by atoms with E-state index < -0.39 is 17.4 Å². The van der Waals surface area contributed by atoms with Crippen molar-refractivity contribution in [3.8, 4) is 6.07 Å². The van der Waals surface area contributed by atoms with Gasteiger partial charge < -0.3 is 4.74 Å². The molecule has 0 amide bonds. The molecule has 0 aliphatic rings. The number of halogens is 1. The van der Waals surface area contributed by atoms with Gasteiger partial charge >= 0.3 is 5.69 Å². The first kappa shape index (κ1) is 23.1. The molecule has 0 N–H and O–H groups in total. The molecule has 2 aromatic heterocycles. The van der Waals surface area contributed by atoms with Gasteiger partial charge in [0, 0.05) is 0 Å². The Bertz CT molecular complexity index is 1130. The summed E-state index contributed by atoms with van der Waals surface area (Å²) in [6.07, 6.45) is 6.82. The number of hydrogen-bond acceptors (Lipinski definition) is 5. The SMILES string of the molecule is C=C/C=C(\C=C/C)[C@H](Cn1c(=O)n(CC#N)c(=O)c2c(C)c(Br)sc21)OC(C)C. The lowest BCUT2D eigenvalue weighted by molar-refractivity contribution is 0.0215. The van der Waals surface area contributed by atoms with Gasteiger partial charge in [-0.2, -0.15) is 5.26 Å². The van der Waals surface area contributed by atoms with Crippen molar-refractivity contribution in [2.45, 2.75) is 53.0 Å². The van der Waals surface area contributed by atoms with E-state index in [1.54, 1.807) is 6.08 Å². The predicted octanol–water partition coefficient (Wildman–Crippen LogP) is 4.30. The molecule has 0 aliphatic heterocycles. The maximum absolute atomic E-state index is 13.1. The molecule has 0 aliphatic carbocycles. The first-order valence-electron chi connectivity index (χ1n) is 9.16. The predicted molar refractivity (Wildman–Crippen MR) is 121 cm³/mol. The van der Waals surface area contributed by atoms with Crippen LogP contribution in [0.25, 0.3) is 10.2 Å². The quantitative estimate of drug-likeness (QED) is 0.530. The van der Waals surface area contributed by atoms with Gasteiger partial charge in [0.05, 0.1) is 27.9 Å². The van der Waals surface area contributed by atoms with Crippen LogP contribution in [0, 0.1) is 18.3 Å². The van der Waals surface area contributed by atoms with Gasteiger partial charge in [0.15, 0.2) is 0 Å². The molecule has 0 spiro atoms. The molecule has 154 valence electrons. The maximum Gasteiger partial charge on any atom is 0.333 e. The molecule has 2 heterocycles. The minimum atomic E-state index is -0.520. The van der Waals surface area contributed by atoms with Crippen molar-refractivity contribution in [1.29, 1.82) is 5.26 Å². The fraction of sp³-hybridized carbons (Fsp3) is 0.381. The van der Waals surface area contributed by atoms with Gasteiger partial charge in [-0.1, -0.05) is 30.9 Å². The Kier molecular flexibility index (Phi) is 7.96. The van der Waals surface area contributed by atoms with E-state index in [-0.39, 0.29) is 19.2 Å². The topological polar surface area (TPSA) is 77.0 Å². The number of aryl methyl sites for hydroxylation is 1. The first-order valence-corrected chi connectivity index (χ1v) is 10.8. The van der Waals surface area contributed by atoms with Crippen molar-refractivity contribution >= 4 is 37.5 Å². The average Bonchev–Trinajstić information content (AvgIpc) is 2.95. The molecule has 6 nitrogen and oxygen atoms in total. The van der Waals surface area contributed by atoms with Gasteiger partial charge in [0.1, 0.15) is 17.5 Å². The number of hydrogen-bond donors (Lipinski definition) is 0. The molecular formula is C21H24BrN3O3S. The lowest BCUT2D eigenvalue weighted by Crippen LogP contribution is -2.42. The second kappa shape index (κ2) is 10.0. The van der Waals surface area contributed by atoms with E-state index in [0.717, 1.165) is 19.5 Å². The maximum atomic E-state index is 13.1. The van der Waals surface area contributed by atoms with Gasteiger partial charge in [-0.3, -0.25) is 9.36 Å². The molecule has 0 saturated carbocycles. The van der Waals surface area contributed by atoms with Crippen molar-refractivity contribution in [3.63, 3.8) is 0 Å². The first-order chi connectivity index (χ1) is 13.8. The zero-order valence-corrected chi connectivity index (χ0v) is 19.3. The second-order valence-electron chi connectivity index (χ2n) is 6.70. The third-order valence-corrected chi connectivity index (χ3v) is 6.47. The highest BCUT2D eigenvalue weighted by Gasteiger charge is 2.23. The molecule has 0 bridgehead atoms. The molecule has 0 saturated heterocycles. The summed E-state index contributed by atoms with van der Waals surface area (Å²) in [6.45, 7) is 11.2. The van der Waals surface area contributed by atoms with Crippen LogP contribution in [-0.4, -0.2) is 21.3 Å². The number of nitriles is 1. The van der Waals surface area contributed by atoms with Crippen LogP contribution in [0.2, 0.25) is 0 Å². The second-order valence-corrected chi connectivity index (χ2v) is 9.02. The average molecular weight is 478 g/mol. The summed E-state index contributed by atoms with van der Waals surface area (Å²) < 4.78 is 9.40. The van der Waals surface area contributed by atoms with Crippen LogP contribution in [0.4, 0.5) is 0 Å². The Balaban J connectivity index is 2.79. The number of allylic oxidation sites excluding steroid dienone is 3. The van der Waals surface area contributed by atoms with Gasteiger partial charge in [0.2, 0.25) is 0 Å². The summed E-state index contributed by atoms with van der Waals surface area (Å²) in [7, 11) is 0. The molecule has 2 aromatic rings. The molecule has 0 aromatic carbocycles. The summed E-state index contributed by atoms with van der Waals surface area (Å²) in [4.78, 5) is 26.5. The number of nitrogens with zero attached hydrogens (tertiary/aromatic N) is 3. The third kappa shape index (κ3) is 4.86. The van der Waals surface area contributed by atoms with Crippen LogP contribution in [0.5, 0.6) is 0 Å². The lowest BCUT2D eigenvalue weighted by atomic mass is 10.1. The summed E-state index contributed by atoms with van der Waals surface area (Å²) in [5.74, 6) is 0. The normalized spacial score (nSPS) is 13.3. The lowest BCUT2D eigenvalue weighted by Gasteiger charge is -2.23. The van der Waals surface area contributed by atoms with Crippen LogP contribution in [-0.2, 0) is 17.8 Å². The Morgan fingerprint density at radius 2 is 2.07 bits per heavy atom. The van der Waals surface area contributed by atoms with E-state index in [1.807, 2.05) is 52.0 Å².